The fourth-order valence-corrected chi connectivity index (χ4v) is 2.36. The summed E-state index contributed by atoms with van der Waals surface area (Å²) in [6.45, 7) is 3.97. The minimum Gasteiger partial charge on any atom is -0.455 e. The normalized spacial score (nSPS) is 10.6. The number of benzene rings is 2. The van der Waals surface area contributed by atoms with Gasteiger partial charge in [0, 0.05) is 11.1 Å². The smallest absolute Gasteiger partial charge is 0.153 e. The average Bonchev–Trinajstić information content (AvgIpc) is 2.50. The average molecular weight is 279 g/mol. The van der Waals surface area contributed by atoms with Crippen LogP contribution in [0.3, 0.4) is 0 Å². The molecule has 3 N–H and O–H groups in total. The molecule has 0 aliphatic rings. The summed E-state index contributed by atoms with van der Waals surface area (Å²) >= 11 is 0. The van der Waals surface area contributed by atoms with Crippen molar-refractivity contribution in [3.05, 3.63) is 59.8 Å². The van der Waals surface area contributed by atoms with Gasteiger partial charge < -0.3 is 10.2 Å². The third kappa shape index (κ3) is 2.41. The van der Waals surface area contributed by atoms with Gasteiger partial charge in [-0.05, 0) is 37.6 Å². The van der Waals surface area contributed by atoms with Crippen molar-refractivity contribution in [2.24, 2.45) is 5.84 Å². The summed E-state index contributed by atoms with van der Waals surface area (Å²) in [7, 11) is 0. The second-order valence-corrected chi connectivity index (χ2v) is 4.91. The number of hydrazine groups is 1. The summed E-state index contributed by atoms with van der Waals surface area (Å²) in [6, 6.07) is 15.5. The highest BCUT2D eigenvalue weighted by Crippen LogP contribution is 2.34. The molecule has 0 bridgehead atoms. The second kappa shape index (κ2) is 5.42. The summed E-state index contributed by atoms with van der Waals surface area (Å²) in [5, 5.41) is 0.953. The molecule has 3 aromatic rings. The van der Waals surface area contributed by atoms with E-state index in [1.54, 1.807) is 0 Å². The molecule has 0 fully saturated rings. The molecule has 21 heavy (non-hydrogen) atoms. The number of para-hydroxylation sites is 2. The Balaban J connectivity index is 2.18. The van der Waals surface area contributed by atoms with Crippen LogP contribution < -0.4 is 16.0 Å². The number of aryl methyl sites for hydroxylation is 1. The lowest BCUT2D eigenvalue weighted by Gasteiger charge is -2.14. The molecule has 0 spiro atoms. The molecule has 0 amide bonds. The summed E-state index contributed by atoms with van der Waals surface area (Å²) in [5.74, 6) is 7.17. The SMILES string of the molecule is Cc1nc2c(Oc3ccccc3)cccc2c(NN)c1C. The van der Waals surface area contributed by atoms with Crippen molar-refractivity contribution < 1.29 is 4.74 Å². The Morgan fingerprint density at radius 2 is 1.76 bits per heavy atom. The van der Waals surface area contributed by atoms with Crippen molar-refractivity contribution in [1.82, 2.24) is 4.98 Å². The van der Waals surface area contributed by atoms with Gasteiger partial charge in [0.2, 0.25) is 0 Å². The molecule has 2 aromatic carbocycles. The molecular formula is C17H17N3O. The monoisotopic (exact) mass is 279 g/mol. The van der Waals surface area contributed by atoms with Crippen molar-refractivity contribution in [2.75, 3.05) is 5.43 Å². The van der Waals surface area contributed by atoms with Crippen molar-refractivity contribution in [3.8, 4) is 11.5 Å². The van der Waals surface area contributed by atoms with E-state index in [2.05, 4.69) is 10.4 Å². The maximum Gasteiger partial charge on any atom is 0.153 e. The highest BCUT2D eigenvalue weighted by atomic mass is 16.5. The van der Waals surface area contributed by atoms with Gasteiger partial charge in [-0.25, -0.2) is 4.98 Å². The summed E-state index contributed by atoms with van der Waals surface area (Å²) in [5.41, 5.74) is 6.44. The van der Waals surface area contributed by atoms with Gasteiger partial charge >= 0.3 is 0 Å². The van der Waals surface area contributed by atoms with Crippen LogP contribution in [0.25, 0.3) is 10.9 Å². The molecule has 0 saturated heterocycles. The standard InChI is InChI=1S/C17H17N3O/c1-11-12(2)19-17-14(16(11)20-18)9-6-10-15(17)21-13-7-4-3-5-8-13/h3-10H,18H2,1-2H3,(H,19,20). The number of rotatable bonds is 3. The maximum absolute atomic E-state index is 5.95. The number of hydrogen-bond acceptors (Lipinski definition) is 4. The van der Waals surface area contributed by atoms with Gasteiger partial charge in [-0.3, -0.25) is 5.84 Å². The Kier molecular flexibility index (Phi) is 3.46. The van der Waals surface area contributed by atoms with E-state index in [9.17, 15) is 0 Å². The van der Waals surface area contributed by atoms with E-state index in [1.807, 2.05) is 62.4 Å². The summed E-state index contributed by atoms with van der Waals surface area (Å²) < 4.78 is 5.95. The third-order valence-corrected chi connectivity index (χ3v) is 3.58. The number of anilines is 1. The topological polar surface area (TPSA) is 60.2 Å². The first-order valence-corrected chi connectivity index (χ1v) is 6.80. The van der Waals surface area contributed by atoms with E-state index in [4.69, 9.17) is 10.6 Å². The Hall–Kier alpha value is -2.59. The third-order valence-electron chi connectivity index (χ3n) is 3.58. The Bertz CT molecular complexity index is 785. The number of nitrogens with two attached hydrogens (primary N) is 1. The first kappa shape index (κ1) is 13.4. The number of pyridine rings is 1. The molecule has 1 heterocycles. The van der Waals surface area contributed by atoms with Crippen LogP contribution in [0.15, 0.2) is 48.5 Å². The van der Waals surface area contributed by atoms with Crippen LogP contribution in [0.1, 0.15) is 11.3 Å². The fourth-order valence-electron chi connectivity index (χ4n) is 2.36. The van der Waals surface area contributed by atoms with Gasteiger partial charge in [0.05, 0.1) is 5.69 Å². The summed E-state index contributed by atoms with van der Waals surface area (Å²) in [6.07, 6.45) is 0. The van der Waals surface area contributed by atoms with Gasteiger partial charge in [0.15, 0.2) is 5.75 Å². The van der Waals surface area contributed by atoms with Gasteiger partial charge in [0.1, 0.15) is 11.3 Å². The number of nitrogens with zero attached hydrogens (tertiary/aromatic N) is 1. The Morgan fingerprint density at radius 1 is 1.00 bits per heavy atom. The van der Waals surface area contributed by atoms with E-state index in [0.29, 0.717) is 0 Å². The van der Waals surface area contributed by atoms with Gasteiger partial charge in [0.25, 0.3) is 0 Å². The first-order chi connectivity index (χ1) is 10.2. The number of fused-ring (bicyclic) bond motifs is 1. The molecule has 3 rings (SSSR count). The molecule has 0 aliphatic carbocycles. The molecule has 4 heteroatoms. The van der Waals surface area contributed by atoms with Crippen LogP contribution in [0, 0.1) is 13.8 Å². The number of nitrogens with one attached hydrogen (secondary N) is 1. The minimum atomic E-state index is 0.721. The highest BCUT2D eigenvalue weighted by Gasteiger charge is 2.12. The number of ether oxygens (including phenoxy) is 1. The van der Waals surface area contributed by atoms with Crippen molar-refractivity contribution in [1.29, 1.82) is 0 Å². The molecule has 4 nitrogen and oxygen atoms in total. The van der Waals surface area contributed by atoms with Gasteiger partial charge in [-0.2, -0.15) is 0 Å². The zero-order chi connectivity index (χ0) is 14.8. The van der Waals surface area contributed by atoms with Crippen LogP contribution >= 0.6 is 0 Å². The molecular weight excluding hydrogens is 262 g/mol. The lowest BCUT2D eigenvalue weighted by atomic mass is 10.1. The van der Waals surface area contributed by atoms with Crippen molar-refractivity contribution >= 4 is 16.6 Å². The maximum atomic E-state index is 5.95. The van der Waals surface area contributed by atoms with Crippen LogP contribution in [-0.2, 0) is 0 Å². The molecule has 106 valence electrons. The van der Waals surface area contributed by atoms with Crippen molar-refractivity contribution in [3.63, 3.8) is 0 Å². The van der Waals surface area contributed by atoms with Crippen LogP contribution in [0.4, 0.5) is 5.69 Å². The lowest BCUT2D eigenvalue weighted by molar-refractivity contribution is 0.487. The van der Waals surface area contributed by atoms with Crippen LogP contribution in [0.2, 0.25) is 0 Å². The van der Waals surface area contributed by atoms with E-state index in [-0.39, 0.29) is 0 Å². The van der Waals surface area contributed by atoms with Gasteiger partial charge in [-0.15, -0.1) is 0 Å². The largest absolute Gasteiger partial charge is 0.455 e. The molecule has 0 saturated carbocycles. The highest BCUT2D eigenvalue weighted by molar-refractivity contribution is 5.96. The predicted octanol–water partition coefficient (Wildman–Crippen LogP) is 3.93. The van der Waals surface area contributed by atoms with E-state index >= 15 is 0 Å². The zero-order valence-corrected chi connectivity index (χ0v) is 12.1. The van der Waals surface area contributed by atoms with E-state index < -0.39 is 0 Å². The van der Waals surface area contributed by atoms with E-state index in [0.717, 1.165) is 39.3 Å². The molecule has 1 aromatic heterocycles. The Labute approximate surface area is 123 Å². The first-order valence-electron chi connectivity index (χ1n) is 6.80. The molecule has 0 atom stereocenters. The number of hydrogen-bond donors (Lipinski definition) is 2. The molecule has 0 radical (unpaired) electrons. The fraction of sp³-hybridized carbons (Fsp3) is 0.118. The van der Waals surface area contributed by atoms with E-state index in [1.165, 1.54) is 0 Å². The molecule has 0 unspecified atom stereocenters. The molecule has 0 aliphatic heterocycles. The quantitative estimate of drug-likeness (QED) is 0.563. The number of nitrogen functional groups attached to an aromatic ring is 1. The van der Waals surface area contributed by atoms with Gasteiger partial charge in [-0.1, -0.05) is 30.3 Å². The second-order valence-electron chi connectivity index (χ2n) is 4.91. The predicted molar refractivity (Wildman–Crippen MR) is 85.5 cm³/mol. The van der Waals surface area contributed by atoms with Crippen molar-refractivity contribution in [2.45, 2.75) is 13.8 Å². The van der Waals surface area contributed by atoms with Crippen LogP contribution in [-0.4, -0.2) is 4.98 Å². The Morgan fingerprint density at radius 3 is 2.48 bits per heavy atom. The minimum absolute atomic E-state index is 0.721. The lowest BCUT2D eigenvalue weighted by Crippen LogP contribution is -2.10. The zero-order valence-electron chi connectivity index (χ0n) is 12.1. The number of aromatic nitrogens is 1. The summed E-state index contributed by atoms with van der Waals surface area (Å²) in [4.78, 5) is 4.66. The van der Waals surface area contributed by atoms with Crippen LogP contribution in [0.5, 0.6) is 11.5 Å².